The first-order valence-corrected chi connectivity index (χ1v) is 6.41. The molecule has 0 aromatic heterocycles. The molecule has 20 heavy (non-hydrogen) atoms. The van der Waals surface area contributed by atoms with E-state index in [4.69, 9.17) is 9.47 Å². The molecule has 0 heterocycles. The Morgan fingerprint density at radius 2 is 1.65 bits per heavy atom. The van der Waals surface area contributed by atoms with Gasteiger partial charge in [-0.3, -0.25) is 0 Å². The minimum absolute atomic E-state index is 0.0410. The Labute approximate surface area is 118 Å². The monoisotopic (exact) mass is 274 g/mol. The van der Waals surface area contributed by atoms with E-state index in [1.807, 2.05) is 12.1 Å². The first kappa shape index (κ1) is 14.2. The van der Waals surface area contributed by atoms with Crippen molar-refractivity contribution in [3.63, 3.8) is 0 Å². The lowest BCUT2D eigenvalue weighted by Crippen LogP contribution is -2.04. The highest BCUT2D eigenvalue weighted by atomic mass is 16.5. The van der Waals surface area contributed by atoms with Crippen LogP contribution in [0.3, 0.4) is 0 Å². The summed E-state index contributed by atoms with van der Waals surface area (Å²) < 4.78 is 10.9. The molecular formula is C16H18O4. The van der Waals surface area contributed by atoms with Crippen molar-refractivity contribution in [1.29, 1.82) is 0 Å². The molecule has 1 atom stereocenters. The van der Waals surface area contributed by atoms with Crippen LogP contribution in [-0.2, 0) is 6.42 Å². The number of ether oxygens (including phenoxy) is 2. The Morgan fingerprint density at radius 1 is 1.00 bits per heavy atom. The minimum atomic E-state index is -0.526. The van der Waals surface area contributed by atoms with Crippen LogP contribution in [0.2, 0.25) is 0 Å². The number of phenolic OH excluding ortho intramolecular Hbond substituents is 1. The highest BCUT2D eigenvalue weighted by Gasteiger charge is 2.12. The molecule has 4 heteroatoms. The number of aliphatic hydroxyl groups is 1. The van der Waals surface area contributed by atoms with Gasteiger partial charge in [0.15, 0.2) is 23.0 Å². The third-order valence-electron chi connectivity index (χ3n) is 2.89. The Hall–Kier alpha value is -2.20. The summed E-state index contributed by atoms with van der Waals surface area (Å²) in [6, 6.07) is 12.4. The molecule has 0 radical (unpaired) electrons. The van der Waals surface area contributed by atoms with Gasteiger partial charge in [0.05, 0.1) is 13.2 Å². The Bertz CT molecular complexity index is 578. The second-order valence-electron chi connectivity index (χ2n) is 4.57. The van der Waals surface area contributed by atoms with Crippen molar-refractivity contribution in [2.24, 2.45) is 0 Å². The zero-order valence-electron chi connectivity index (χ0n) is 11.5. The number of hydrogen-bond acceptors (Lipinski definition) is 4. The van der Waals surface area contributed by atoms with Gasteiger partial charge in [0.25, 0.3) is 0 Å². The molecule has 2 N–H and O–H groups in total. The Morgan fingerprint density at radius 3 is 2.30 bits per heavy atom. The van der Waals surface area contributed by atoms with Crippen molar-refractivity contribution in [1.82, 2.24) is 0 Å². The van der Waals surface area contributed by atoms with E-state index in [2.05, 4.69) is 0 Å². The van der Waals surface area contributed by atoms with Gasteiger partial charge in [0.2, 0.25) is 0 Å². The summed E-state index contributed by atoms with van der Waals surface area (Å²) in [5.41, 5.74) is 0.646. The molecule has 106 valence electrons. The van der Waals surface area contributed by atoms with Crippen LogP contribution in [0.15, 0.2) is 42.5 Å². The summed E-state index contributed by atoms with van der Waals surface area (Å²) in [6.07, 6.45) is -0.156. The molecular weight excluding hydrogens is 256 g/mol. The molecule has 0 bridgehead atoms. The smallest absolute Gasteiger partial charge is 0.169 e. The van der Waals surface area contributed by atoms with Crippen LogP contribution in [0.1, 0.15) is 12.5 Å². The molecule has 2 rings (SSSR count). The predicted octanol–water partition coefficient (Wildman–Crippen LogP) is 3.12. The molecule has 0 spiro atoms. The Balaban J connectivity index is 2.29. The van der Waals surface area contributed by atoms with Crippen molar-refractivity contribution < 1.29 is 19.7 Å². The molecule has 2 aromatic carbocycles. The summed E-state index contributed by atoms with van der Waals surface area (Å²) in [4.78, 5) is 0. The highest BCUT2D eigenvalue weighted by Crippen LogP contribution is 2.37. The zero-order valence-corrected chi connectivity index (χ0v) is 11.5. The van der Waals surface area contributed by atoms with Crippen molar-refractivity contribution >= 4 is 0 Å². The van der Waals surface area contributed by atoms with Gasteiger partial charge >= 0.3 is 0 Å². The van der Waals surface area contributed by atoms with Crippen LogP contribution in [0, 0.1) is 0 Å². The van der Waals surface area contributed by atoms with Crippen LogP contribution >= 0.6 is 0 Å². The molecule has 0 saturated heterocycles. The maximum absolute atomic E-state index is 10.2. The molecule has 0 amide bonds. The van der Waals surface area contributed by atoms with E-state index in [0.29, 0.717) is 29.2 Å². The lowest BCUT2D eigenvalue weighted by Gasteiger charge is -2.13. The largest absolute Gasteiger partial charge is 0.504 e. The number of methoxy groups -OCH3 is 1. The lowest BCUT2D eigenvalue weighted by molar-refractivity contribution is 0.194. The normalized spacial score (nSPS) is 11.9. The molecule has 4 nitrogen and oxygen atoms in total. The average molecular weight is 274 g/mol. The van der Waals surface area contributed by atoms with Gasteiger partial charge in [0, 0.05) is 12.0 Å². The third kappa shape index (κ3) is 3.22. The van der Waals surface area contributed by atoms with E-state index in [1.165, 1.54) is 0 Å². The first-order chi connectivity index (χ1) is 9.61. The SMILES string of the molecule is COc1ccccc1Oc1cccc(CC(C)O)c1O. The molecule has 1 unspecified atom stereocenters. The first-order valence-electron chi connectivity index (χ1n) is 6.41. The number of aliphatic hydroxyl groups excluding tert-OH is 1. The zero-order chi connectivity index (χ0) is 14.5. The standard InChI is InChI=1S/C16H18O4/c1-11(17)10-12-6-5-9-15(16(12)18)20-14-8-4-3-7-13(14)19-2/h3-9,11,17-18H,10H2,1-2H3. The van der Waals surface area contributed by atoms with Crippen LogP contribution in [0.25, 0.3) is 0 Å². The van der Waals surface area contributed by atoms with Gasteiger partial charge in [-0.2, -0.15) is 0 Å². The number of rotatable bonds is 5. The molecule has 0 fully saturated rings. The molecule has 0 aliphatic heterocycles. The third-order valence-corrected chi connectivity index (χ3v) is 2.89. The second kappa shape index (κ2) is 6.30. The van der Waals surface area contributed by atoms with E-state index in [-0.39, 0.29) is 5.75 Å². The van der Waals surface area contributed by atoms with Crippen molar-refractivity contribution in [3.8, 4) is 23.0 Å². The molecule has 0 saturated carbocycles. The van der Waals surface area contributed by atoms with Gasteiger partial charge in [-0.1, -0.05) is 24.3 Å². The number of hydrogen-bond donors (Lipinski definition) is 2. The van der Waals surface area contributed by atoms with E-state index in [9.17, 15) is 10.2 Å². The van der Waals surface area contributed by atoms with Crippen molar-refractivity contribution in [2.45, 2.75) is 19.4 Å². The summed E-state index contributed by atoms with van der Waals surface area (Å²) in [5, 5.41) is 19.6. The lowest BCUT2D eigenvalue weighted by atomic mass is 10.1. The number of benzene rings is 2. The van der Waals surface area contributed by atoms with Crippen molar-refractivity contribution in [3.05, 3.63) is 48.0 Å². The maximum Gasteiger partial charge on any atom is 0.169 e. The quantitative estimate of drug-likeness (QED) is 0.879. The highest BCUT2D eigenvalue weighted by molar-refractivity contribution is 5.50. The summed E-state index contributed by atoms with van der Waals surface area (Å²) in [6.45, 7) is 1.67. The molecule has 0 aliphatic rings. The van der Waals surface area contributed by atoms with Gasteiger partial charge < -0.3 is 19.7 Å². The fourth-order valence-corrected chi connectivity index (χ4v) is 1.95. The van der Waals surface area contributed by atoms with Crippen molar-refractivity contribution in [2.75, 3.05) is 7.11 Å². The second-order valence-corrected chi connectivity index (χ2v) is 4.57. The Kier molecular flexibility index (Phi) is 4.48. The fraction of sp³-hybridized carbons (Fsp3) is 0.250. The van der Waals surface area contributed by atoms with E-state index in [1.54, 1.807) is 44.4 Å². The van der Waals surface area contributed by atoms with Gasteiger partial charge in [-0.25, -0.2) is 0 Å². The maximum atomic E-state index is 10.2. The fourth-order valence-electron chi connectivity index (χ4n) is 1.95. The van der Waals surface area contributed by atoms with Gasteiger partial charge in [-0.15, -0.1) is 0 Å². The number of aromatic hydroxyl groups is 1. The number of phenols is 1. The summed E-state index contributed by atoms with van der Waals surface area (Å²) >= 11 is 0. The minimum Gasteiger partial charge on any atom is -0.504 e. The number of para-hydroxylation sites is 3. The van der Waals surface area contributed by atoms with Gasteiger partial charge in [0.1, 0.15) is 0 Å². The van der Waals surface area contributed by atoms with E-state index < -0.39 is 6.10 Å². The van der Waals surface area contributed by atoms with E-state index >= 15 is 0 Å². The van der Waals surface area contributed by atoms with Crippen LogP contribution in [-0.4, -0.2) is 23.4 Å². The van der Waals surface area contributed by atoms with Crippen LogP contribution < -0.4 is 9.47 Å². The van der Waals surface area contributed by atoms with Gasteiger partial charge in [-0.05, 0) is 25.1 Å². The molecule has 0 aliphatic carbocycles. The van der Waals surface area contributed by atoms with Crippen LogP contribution in [0.4, 0.5) is 0 Å². The summed E-state index contributed by atoms with van der Waals surface area (Å²) in [7, 11) is 1.56. The summed E-state index contributed by atoms with van der Waals surface area (Å²) in [5.74, 6) is 1.50. The van der Waals surface area contributed by atoms with E-state index in [0.717, 1.165) is 0 Å². The average Bonchev–Trinajstić information content (AvgIpc) is 2.43. The molecule has 2 aromatic rings. The van der Waals surface area contributed by atoms with Crippen LogP contribution in [0.5, 0.6) is 23.0 Å². The topological polar surface area (TPSA) is 58.9 Å². The predicted molar refractivity (Wildman–Crippen MR) is 76.6 cm³/mol.